The lowest BCUT2D eigenvalue weighted by Gasteiger charge is -2.15. The summed E-state index contributed by atoms with van der Waals surface area (Å²) in [6.45, 7) is 3.97. The fourth-order valence-corrected chi connectivity index (χ4v) is 2.49. The fourth-order valence-electron chi connectivity index (χ4n) is 2.49. The van der Waals surface area contributed by atoms with Crippen molar-refractivity contribution in [3.63, 3.8) is 0 Å². The number of carbonyl (C=O) groups is 1. The first-order valence-corrected chi connectivity index (χ1v) is 7.97. The second-order valence-corrected chi connectivity index (χ2v) is 5.89. The first-order valence-electron chi connectivity index (χ1n) is 7.97. The maximum Gasteiger partial charge on any atom is 0.270 e. The molecule has 128 valence electrons. The molecule has 0 saturated carbocycles. The molecule has 1 aromatic heterocycles. The number of hydrogen-bond donors (Lipinski definition) is 4. The first-order chi connectivity index (χ1) is 12.1. The number of fused-ring (bicyclic) bond motifs is 1. The van der Waals surface area contributed by atoms with Crippen molar-refractivity contribution in [2.75, 3.05) is 16.5 Å². The Morgan fingerprint density at radius 2 is 1.76 bits per heavy atom. The standard InChI is InChI=1S/C18H20N6O/c1-11(2)22-16-15(19)17(21-10-20-16)23-24-18(25)14-9-5-7-12-6-3-4-8-13(12)14/h3-11H,19H2,1-2H3,(H,24,25)(H2,20,21,22,23). The minimum atomic E-state index is -0.270. The summed E-state index contributed by atoms with van der Waals surface area (Å²) in [5, 5.41) is 5.01. The SMILES string of the molecule is CC(C)Nc1ncnc(NNC(=O)c2cccc3ccccc23)c1N. The van der Waals surface area contributed by atoms with Crippen molar-refractivity contribution in [1.82, 2.24) is 15.4 Å². The number of nitrogen functional groups attached to an aromatic ring is 1. The molecule has 1 amide bonds. The molecule has 0 aliphatic rings. The van der Waals surface area contributed by atoms with Gasteiger partial charge in [-0.2, -0.15) is 0 Å². The van der Waals surface area contributed by atoms with E-state index in [0.29, 0.717) is 22.9 Å². The lowest BCUT2D eigenvalue weighted by Crippen LogP contribution is -2.30. The molecule has 0 radical (unpaired) electrons. The lowest BCUT2D eigenvalue weighted by molar-refractivity contribution is 0.0964. The van der Waals surface area contributed by atoms with Gasteiger partial charge in [-0.15, -0.1) is 0 Å². The number of nitrogens with zero attached hydrogens (tertiary/aromatic N) is 2. The summed E-state index contributed by atoms with van der Waals surface area (Å²) in [7, 11) is 0. The van der Waals surface area contributed by atoms with Crippen molar-refractivity contribution in [2.45, 2.75) is 19.9 Å². The van der Waals surface area contributed by atoms with Gasteiger partial charge in [0.2, 0.25) is 0 Å². The van der Waals surface area contributed by atoms with Crippen LogP contribution in [0.2, 0.25) is 0 Å². The summed E-state index contributed by atoms with van der Waals surface area (Å²) >= 11 is 0. The van der Waals surface area contributed by atoms with Crippen LogP contribution in [0.5, 0.6) is 0 Å². The van der Waals surface area contributed by atoms with E-state index in [2.05, 4.69) is 26.1 Å². The predicted molar refractivity (Wildman–Crippen MR) is 100 cm³/mol. The quantitative estimate of drug-likeness (QED) is 0.534. The largest absolute Gasteiger partial charge is 0.393 e. The molecule has 0 unspecified atom stereocenters. The highest BCUT2D eigenvalue weighted by Crippen LogP contribution is 2.23. The highest BCUT2D eigenvalue weighted by atomic mass is 16.2. The lowest BCUT2D eigenvalue weighted by atomic mass is 10.0. The Morgan fingerprint density at radius 1 is 1.04 bits per heavy atom. The third-order valence-corrected chi connectivity index (χ3v) is 3.64. The molecule has 0 saturated heterocycles. The van der Waals surface area contributed by atoms with Crippen LogP contribution in [0.4, 0.5) is 17.3 Å². The van der Waals surface area contributed by atoms with Gasteiger partial charge in [0.1, 0.15) is 12.0 Å². The second-order valence-electron chi connectivity index (χ2n) is 5.89. The van der Waals surface area contributed by atoms with Crippen molar-refractivity contribution >= 4 is 34.0 Å². The van der Waals surface area contributed by atoms with Crippen molar-refractivity contribution in [3.8, 4) is 0 Å². The van der Waals surface area contributed by atoms with Crippen LogP contribution in [0.25, 0.3) is 10.8 Å². The molecule has 1 heterocycles. The third-order valence-electron chi connectivity index (χ3n) is 3.64. The van der Waals surface area contributed by atoms with Gasteiger partial charge in [-0.25, -0.2) is 9.97 Å². The normalized spacial score (nSPS) is 10.7. The van der Waals surface area contributed by atoms with E-state index in [1.165, 1.54) is 6.33 Å². The van der Waals surface area contributed by atoms with Crippen LogP contribution >= 0.6 is 0 Å². The maximum atomic E-state index is 12.5. The van der Waals surface area contributed by atoms with Gasteiger partial charge in [0.25, 0.3) is 5.91 Å². The van der Waals surface area contributed by atoms with Gasteiger partial charge in [0.05, 0.1) is 0 Å². The molecule has 5 N–H and O–H groups in total. The van der Waals surface area contributed by atoms with Crippen molar-refractivity contribution < 1.29 is 4.79 Å². The predicted octanol–water partition coefficient (Wildman–Crippen LogP) is 2.79. The van der Waals surface area contributed by atoms with Crippen molar-refractivity contribution in [3.05, 3.63) is 54.4 Å². The minimum absolute atomic E-state index is 0.176. The van der Waals surface area contributed by atoms with Crippen LogP contribution in [-0.4, -0.2) is 21.9 Å². The van der Waals surface area contributed by atoms with E-state index in [1.54, 1.807) is 6.07 Å². The fraction of sp³-hybridized carbons (Fsp3) is 0.167. The zero-order chi connectivity index (χ0) is 17.8. The molecule has 0 aliphatic carbocycles. The van der Waals surface area contributed by atoms with Crippen LogP contribution in [0.1, 0.15) is 24.2 Å². The van der Waals surface area contributed by atoms with Gasteiger partial charge in [0.15, 0.2) is 11.6 Å². The Bertz CT molecular complexity index is 904. The van der Waals surface area contributed by atoms with Crippen molar-refractivity contribution in [1.29, 1.82) is 0 Å². The van der Waals surface area contributed by atoms with Crippen LogP contribution in [0.15, 0.2) is 48.8 Å². The molecule has 0 fully saturated rings. The molecular weight excluding hydrogens is 316 g/mol. The van der Waals surface area contributed by atoms with Gasteiger partial charge in [-0.05, 0) is 30.7 Å². The number of hydrogen-bond acceptors (Lipinski definition) is 6. The van der Waals surface area contributed by atoms with E-state index in [0.717, 1.165) is 10.8 Å². The smallest absolute Gasteiger partial charge is 0.270 e. The van der Waals surface area contributed by atoms with E-state index < -0.39 is 0 Å². The van der Waals surface area contributed by atoms with Gasteiger partial charge in [0, 0.05) is 11.6 Å². The number of nitrogens with one attached hydrogen (secondary N) is 3. The molecular formula is C18H20N6O. The number of hydrazine groups is 1. The van der Waals surface area contributed by atoms with Gasteiger partial charge in [-0.1, -0.05) is 36.4 Å². The molecule has 0 atom stereocenters. The average Bonchev–Trinajstić information content (AvgIpc) is 2.61. The molecule has 2 aromatic carbocycles. The molecule has 0 bridgehead atoms. The Hall–Kier alpha value is -3.35. The van der Waals surface area contributed by atoms with Crippen LogP contribution in [-0.2, 0) is 0 Å². The first kappa shape index (κ1) is 16.5. The second kappa shape index (κ2) is 7.04. The molecule has 0 aliphatic heterocycles. The Morgan fingerprint density at radius 3 is 2.56 bits per heavy atom. The van der Waals surface area contributed by atoms with Gasteiger partial charge >= 0.3 is 0 Å². The van der Waals surface area contributed by atoms with Gasteiger partial charge in [-0.3, -0.25) is 15.6 Å². The molecule has 3 rings (SSSR count). The number of benzene rings is 2. The summed E-state index contributed by atoms with van der Waals surface area (Å²) in [6.07, 6.45) is 1.38. The van der Waals surface area contributed by atoms with Crippen LogP contribution in [0, 0.1) is 0 Å². The summed E-state index contributed by atoms with van der Waals surface area (Å²) in [5.74, 6) is 0.590. The summed E-state index contributed by atoms with van der Waals surface area (Å²) in [4.78, 5) is 20.7. The highest BCUT2D eigenvalue weighted by Gasteiger charge is 2.12. The Labute approximate surface area is 145 Å². The zero-order valence-corrected chi connectivity index (χ0v) is 14.1. The van der Waals surface area contributed by atoms with E-state index in [9.17, 15) is 4.79 Å². The number of nitrogens with two attached hydrogens (primary N) is 1. The third kappa shape index (κ3) is 3.60. The minimum Gasteiger partial charge on any atom is -0.393 e. The molecule has 7 heteroatoms. The highest BCUT2D eigenvalue weighted by molar-refractivity contribution is 6.07. The van der Waals surface area contributed by atoms with E-state index in [1.807, 2.05) is 50.2 Å². The summed E-state index contributed by atoms with van der Waals surface area (Å²) in [5.41, 5.74) is 12.4. The van der Waals surface area contributed by atoms with Crippen molar-refractivity contribution in [2.24, 2.45) is 0 Å². The van der Waals surface area contributed by atoms with Gasteiger partial charge < -0.3 is 11.1 Å². The summed E-state index contributed by atoms with van der Waals surface area (Å²) in [6, 6.07) is 13.5. The van der Waals surface area contributed by atoms with E-state index in [-0.39, 0.29) is 11.9 Å². The number of aromatic nitrogens is 2. The Kier molecular flexibility index (Phi) is 4.65. The number of amides is 1. The average molecular weight is 336 g/mol. The molecule has 25 heavy (non-hydrogen) atoms. The Balaban J connectivity index is 1.78. The monoisotopic (exact) mass is 336 g/mol. The van der Waals surface area contributed by atoms with E-state index >= 15 is 0 Å². The maximum absolute atomic E-state index is 12.5. The number of carbonyl (C=O) groups excluding carboxylic acids is 1. The van der Waals surface area contributed by atoms with Crippen LogP contribution in [0.3, 0.4) is 0 Å². The summed E-state index contributed by atoms with van der Waals surface area (Å²) < 4.78 is 0. The topological polar surface area (TPSA) is 105 Å². The molecule has 7 nitrogen and oxygen atoms in total. The number of anilines is 3. The number of rotatable bonds is 5. The van der Waals surface area contributed by atoms with Crippen LogP contribution < -0.4 is 21.9 Å². The molecule has 3 aromatic rings. The molecule has 0 spiro atoms. The van der Waals surface area contributed by atoms with E-state index in [4.69, 9.17) is 5.73 Å². The zero-order valence-electron chi connectivity index (χ0n) is 14.1.